The van der Waals surface area contributed by atoms with Crippen molar-refractivity contribution in [2.75, 3.05) is 7.11 Å². The molecule has 1 aliphatic heterocycles. The maximum absolute atomic E-state index is 11.6. The zero-order chi connectivity index (χ0) is 13.3. The Kier molecular flexibility index (Phi) is 4.32. The molecule has 0 radical (unpaired) electrons. The summed E-state index contributed by atoms with van der Waals surface area (Å²) in [5, 5.41) is 3.03. The molecule has 7 heteroatoms. The number of benzene rings is 1. The second-order valence-corrected chi connectivity index (χ2v) is 6.40. The summed E-state index contributed by atoms with van der Waals surface area (Å²) in [6.45, 7) is 0. The molecule has 0 aliphatic carbocycles. The van der Waals surface area contributed by atoms with Gasteiger partial charge in [-0.3, -0.25) is 4.79 Å². The molecule has 1 saturated heterocycles. The van der Waals surface area contributed by atoms with Gasteiger partial charge >= 0.3 is 0 Å². The van der Waals surface area contributed by atoms with Crippen LogP contribution in [0.25, 0.3) is 6.08 Å². The topological polar surface area (TPSA) is 38.3 Å². The van der Waals surface area contributed by atoms with Gasteiger partial charge in [0, 0.05) is 10.0 Å². The van der Waals surface area contributed by atoms with Gasteiger partial charge in [0.1, 0.15) is 10.1 Å². The number of amides is 1. The summed E-state index contributed by atoms with van der Waals surface area (Å²) in [6.07, 6.45) is 1.70. The Bertz CT molecular complexity index is 574. The largest absolute Gasteiger partial charge is 0.495 e. The maximum Gasteiger partial charge on any atom is 0.263 e. The number of thiocarbonyl (C=S) groups is 1. The van der Waals surface area contributed by atoms with Crippen LogP contribution in [0, 0.1) is 0 Å². The van der Waals surface area contributed by atoms with E-state index in [2.05, 4.69) is 21.2 Å². The van der Waals surface area contributed by atoms with Crippen LogP contribution in [0.4, 0.5) is 0 Å². The Hall–Kier alpha value is -0.560. The molecule has 1 aliphatic rings. The third-order valence-electron chi connectivity index (χ3n) is 2.17. The minimum absolute atomic E-state index is 0.205. The summed E-state index contributed by atoms with van der Waals surface area (Å²) < 4.78 is 6.49. The molecule has 0 unspecified atom stereocenters. The molecule has 0 aromatic heterocycles. The van der Waals surface area contributed by atoms with Crippen molar-refractivity contribution >= 4 is 67.8 Å². The van der Waals surface area contributed by atoms with Crippen LogP contribution in [0.3, 0.4) is 0 Å². The normalized spacial score (nSPS) is 17.2. The first-order chi connectivity index (χ1) is 8.51. The van der Waals surface area contributed by atoms with E-state index < -0.39 is 0 Å². The van der Waals surface area contributed by atoms with Crippen LogP contribution in [0.15, 0.2) is 21.5 Å². The molecule has 0 spiro atoms. The number of hydrogen-bond donors (Lipinski definition) is 1. The molecular formula is C11H7BrClNO2S2. The Morgan fingerprint density at radius 1 is 1.56 bits per heavy atom. The lowest BCUT2D eigenvalue weighted by molar-refractivity contribution is -0.115. The van der Waals surface area contributed by atoms with Gasteiger partial charge in [-0.25, -0.2) is 0 Å². The van der Waals surface area contributed by atoms with Gasteiger partial charge in [-0.05, 0) is 18.2 Å². The molecule has 1 fully saturated rings. The van der Waals surface area contributed by atoms with E-state index in [4.69, 9.17) is 28.6 Å². The first-order valence-corrected chi connectivity index (χ1v) is 7.18. The van der Waals surface area contributed by atoms with Crippen LogP contribution in [-0.2, 0) is 4.79 Å². The summed E-state index contributed by atoms with van der Waals surface area (Å²) in [5.41, 5.74) is 0.722. The van der Waals surface area contributed by atoms with Gasteiger partial charge in [-0.1, -0.05) is 51.5 Å². The summed E-state index contributed by atoms with van der Waals surface area (Å²) in [6, 6.07) is 3.56. The summed E-state index contributed by atoms with van der Waals surface area (Å²) >= 11 is 15.6. The summed E-state index contributed by atoms with van der Waals surface area (Å²) in [5.74, 6) is 0.321. The number of rotatable bonds is 2. The third kappa shape index (κ3) is 2.88. The first kappa shape index (κ1) is 13.9. The first-order valence-electron chi connectivity index (χ1n) is 4.79. The van der Waals surface area contributed by atoms with Crippen LogP contribution >= 0.6 is 51.5 Å². The van der Waals surface area contributed by atoms with E-state index >= 15 is 0 Å². The predicted molar refractivity (Wildman–Crippen MR) is 82.0 cm³/mol. The van der Waals surface area contributed by atoms with Crippen LogP contribution in [0.2, 0.25) is 5.02 Å². The van der Waals surface area contributed by atoms with E-state index in [0.29, 0.717) is 20.0 Å². The number of thioether (sulfide) groups is 1. The number of hydrogen-bond acceptors (Lipinski definition) is 4. The second kappa shape index (κ2) is 5.61. The molecule has 18 heavy (non-hydrogen) atoms. The van der Waals surface area contributed by atoms with E-state index in [1.165, 1.54) is 18.9 Å². The van der Waals surface area contributed by atoms with Crippen LogP contribution < -0.4 is 10.1 Å². The van der Waals surface area contributed by atoms with Crippen molar-refractivity contribution in [3.8, 4) is 5.75 Å². The number of methoxy groups -OCH3 is 1. The second-order valence-electron chi connectivity index (χ2n) is 3.36. The zero-order valence-electron chi connectivity index (χ0n) is 9.12. The standard InChI is InChI=1S/C11H7BrClNO2S2/c1-16-9-5(2-6(12)4-7(9)13)3-8-10(15)14-11(17)18-8/h2-4H,1H3,(H,14,15,17). The van der Waals surface area contributed by atoms with Crippen LogP contribution in [-0.4, -0.2) is 17.3 Å². The minimum atomic E-state index is -0.205. The van der Waals surface area contributed by atoms with E-state index in [0.717, 1.165) is 10.0 Å². The predicted octanol–water partition coefficient (Wildman–Crippen LogP) is 3.60. The van der Waals surface area contributed by atoms with Gasteiger partial charge < -0.3 is 10.1 Å². The van der Waals surface area contributed by atoms with E-state index in [1.54, 1.807) is 12.1 Å². The Labute approximate surface area is 127 Å². The number of halogens is 2. The molecule has 0 saturated carbocycles. The highest BCUT2D eigenvalue weighted by atomic mass is 79.9. The molecular weight excluding hydrogens is 358 g/mol. The maximum atomic E-state index is 11.6. The number of ether oxygens (including phenoxy) is 1. The van der Waals surface area contributed by atoms with Gasteiger partial charge in [0.15, 0.2) is 0 Å². The zero-order valence-corrected chi connectivity index (χ0v) is 13.1. The van der Waals surface area contributed by atoms with E-state index in [9.17, 15) is 4.79 Å². The Balaban J connectivity index is 2.48. The van der Waals surface area contributed by atoms with E-state index in [-0.39, 0.29) is 5.91 Å². The smallest absolute Gasteiger partial charge is 0.263 e. The van der Waals surface area contributed by atoms with Crippen molar-refractivity contribution in [2.45, 2.75) is 0 Å². The van der Waals surface area contributed by atoms with Gasteiger partial charge in [0.25, 0.3) is 5.91 Å². The minimum Gasteiger partial charge on any atom is -0.495 e. The van der Waals surface area contributed by atoms with E-state index in [1.807, 2.05) is 6.07 Å². The van der Waals surface area contributed by atoms with Crippen molar-refractivity contribution in [3.05, 3.63) is 32.1 Å². The lowest BCUT2D eigenvalue weighted by Gasteiger charge is -2.08. The molecule has 0 bridgehead atoms. The highest BCUT2D eigenvalue weighted by Gasteiger charge is 2.22. The monoisotopic (exact) mass is 363 g/mol. The van der Waals surface area contributed by atoms with Gasteiger partial charge in [0.05, 0.1) is 17.0 Å². The molecule has 3 nitrogen and oxygen atoms in total. The fourth-order valence-corrected chi connectivity index (χ4v) is 3.41. The van der Waals surface area contributed by atoms with Gasteiger partial charge in [0.2, 0.25) is 0 Å². The molecule has 0 atom stereocenters. The van der Waals surface area contributed by atoms with Gasteiger partial charge in [-0.2, -0.15) is 0 Å². The molecule has 1 aromatic rings. The number of carbonyl (C=O) groups excluding carboxylic acids is 1. The van der Waals surface area contributed by atoms with Gasteiger partial charge in [-0.15, -0.1) is 0 Å². The quantitative estimate of drug-likeness (QED) is 0.643. The van der Waals surface area contributed by atoms with Crippen molar-refractivity contribution in [1.82, 2.24) is 5.32 Å². The van der Waals surface area contributed by atoms with Crippen LogP contribution in [0.1, 0.15) is 5.56 Å². The van der Waals surface area contributed by atoms with Crippen LogP contribution in [0.5, 0.6) is 5.75 Å². The number of nitrogens with one attached hydrogen (secondary N) is 1. The molecule has 1 N–H and O–H groups in total. The molecule has 94 valence electrons. The molecule has 1 aromatic carbocycles. The average molecular weight is 365 g/mol. The Morgan fingerprint density at radius 2 is 2.28 bits per heavy atom. The lowest BCUT2D eigenvalue weighted by atomic mass is 10.2. The highest BCUT2D eigenvalue weighted by molar-refractivity contribution is 9.10. The fraction of sp³-hybridized carbons (Fsp3) is 0.0909. The van der Waals surface area contributed by atoms with Crippen molar-refractivity contribution < 1.29 is 9.53 Å². The molecule has 1 heterocycles. The summed E-state index contributed by atoms with van der Waals surface area (Å²) in [4.78, 5) is 12.1. The SMILES string of the molecule is COc1c(Cl)cc(Br)cc1C=C1SC(=S)NC1=O. The molecule has 1 amide bonds. The highest BCUT2D eigenvalue weighted by Crippen LogP contribution is 2.35. The number of carbonyl (C=O) groups is 1. The summed E-state index contributed by atoms with van der Waals surface area (Å²) in [7, 11) is 1.53. The third-order valence-corrected chi connectivity index (χ3v) is 4.07. The Morgan fingerprint density at radius 3 is 2.83 bits per heavy atom. The fourth-order valence-electron chi connectivity index (χ4n) is 1.47. The lowest BCUT2D eigenvalue weighted by Crippen LogP contribution is -2.17. The molecule has 2 rings (SSSR count). The average Bonchev–Trinajstić information content (AvgIpc) is 2.57. The van der Waals surface area contributed by atoms with Crippen molar-refractivity contribution in [3.63, 3.8) is 0 Å². The van der Waals surface area contributed by atoms with Crippen molar-refractivity contribution in [1.29, 1.82) is 0 Å². The van der Waals surface area contributed by atoms with Crippen molar-refractivity contribution in [2.24, 2.45) is 0 Å².